The second-order valence-corrected chi connectivity index (χ2v) is 4.50. The number of thiophene rings is 1. The zero-order valence-electron chi connectivity index (χ0n) is 9.77. The van der Waals surface area contributed by atoms with Gasteiger partial charge in [-0.05, 0) is 23.6 Å². The zero-order chi connectivity index (χ0) is 13.0. The highest BCUT2D eigenvalue weighted by atomic mass is 32.1. The molecule has 18 heavy (non-hydrogen) atoms. The minimum Gasteiger partial charge on any atom is -0.355 e. The van der Waals surface area contributed by atoms with Crippen LogP contribution in [0.4, 0.5) is 5.69 Å². The van der Waals surface area contributed by atoms with Gasteiger partial charge in [0.1, 0.15) is 0 Å². The summed E-state index contributed by atoms with van der Waals surface area (Å²) < 4.78 is 0. The summed E-state index contributed by atoms with van der Waals surface area (Å²) in [5.74, 6) is -0.432. The average Bonchev–Trinajstić information content (AvgIpc) is 2.92. The largest absolute Gasteiger partial charge is 0.355 e. The van der Waals surface area contributed by atoms with Crippen molar-refractivity contribution in [3.05, 3.63) is 52.2 Å². The van der Waals surface area contributed by atoms with E-state index in [1.165, 1.54) is 11.3 Å². The lowest BCUT2D eigenvalue weighted by Crippen LogP contribution is -2.21. The maximum Gasteiger partial charge on any atom is 0.265 e. The fourth-order valence-corrected chi connectivity index (χ4v) is 2.14. The predicted molar refractivity (Wildman–Crippen MR) is 72.1 cm³/mol. The minimum absolute atomic E-state index is 0.207. The molecule has 0 saturated carbocycles. The lowest BCUT2D eigenvalue weighted by atomic mass is 10.1. The normalized spacial score (nSPS) is 9.83. The van der Waals surface area contributed by atoms with Crippen LogP contribution in [-0.4, -0.2) is 18.9 Å². The molecule has 0 spiro atoms. The second-order valence-electron chi connectivity index (χ2n) is 3.56. The van der Waals surface area contributed by atoms with Crippen LogP contribution in [0.5, 0.6) is 0 Å². The van der Waals surface area contributed by atoms with Gasteiger partial charge in [0.25, 0.3) is 11.8 Å². The Morgan fingerprint density at radius 2 is 1.83 bits per heavy atom. The summed E-state index contributed by atoms with van der Waals surface area (Å²) in [5, 5.41) is 7.11. The van der Waals surface area contributed by atoms with Gasteiger partial charge in [0.2, 0.25) is 0 Å². The third-order valence-corrected chi connectivity index (χ3v) is 3.26. The quantitative estimate of drug-likeness (QED) is 0.890. The van der Waals surface area contributed by atoms with Gasteiger partial charge in [-0.3, -0.25) is 9.59 Å². The summed E-state index contributed by atoms with van der Waals surface area (Å²) in [6, 6.07) is 10.5. The summed E-state index contributed by atoms with van der Waals surface area (Å²) >= 11 is 1.36. The summed E-state index contributed by atoms with van der Waals surface area (Å²) in [7, 11) is 1.56. The van der Waals surface area contributed by atoms with E-state index < -0.39 is 0 Å². The van der Waals surface area contributed by atoms with E-state index in [1.807, 2.05) is 11.4 Å². The number of rotatable bonds is 3. The second kappa shape index (κ2) is 5.46. The Labute approximate surface area is 109 Å². The monoisotopic (exact) mass is 260 g/mol. The van der Waals surface area contributed by atoms with Gasteiger partial charge in [-0.15, -0.1) is 11.3 Å². The number of hydrogen-bond acceptors (Lipinski definition) is 3. The van der Waals surface area contributed by atoms with Gasteiger partial charge in [-0.1, -0.05) is 18.2 Å². The number of anilines is 1. The Morgan fingerprint density at radius 1 is 1.06 bits per heavy atom. The third-order valence-electron chi connectivity index (χ3n) is 2.39. The lowest BCUT2D eigenvalue weighted by molar-refractivity contribution is 0.0964. The molecule has 0 aliphatic rings. The smallest absolute Gasteiger partial charge is 0.265 e. The van der Waals surface area contributed by atoms with Crippen molar-refractivity contribution in [2.45, 2.75) is 0 Å². The van der Waals surface area contributed by atoms with Gasteiger partial charge >= 0.3 is 0 Å². The van der Waals surface area contributed by atoms with Crippen molar-refractivity contribution < 1.29 is 9.59 Å². The number of para-hydroxylation sites is 1. The van der Waals surface area contributed by atoms with E-state index in [0.29, 0.717) is 16.1 Å². The third kappa shape index (κ3) is 2.57. The highest BCUT2D eigenvalue weighted by Gasteiger charge is 2.13. The van der Waals surface area contributed by atoms with Gasteiger partial charge < -0.3 is 10.6 Å². The molecular weight excluding hydrogens is 248 g/mol. The highest BCUT2D eigenvalue weighted by molar-refractivity contribution is 7.12. The summed E-state index contributed by atoms with van der Waals surface area (Å²) in [5.41, 5.74) is 0.958. The number of nitrogens with one attached hydrogen (secondary N) is 2. The molecule has 1 heterocycles. The minimum atomic E-state index is -0.225. The summed E-state index contributed by atoms with van der Waals surface area (Å²) in [4.78, 5) is 24.2. The van der Waals surface area contributed by atoms with Gasteiger partial charge in [0.05, 0.1) is 16.1 Å². The highest BCUT2D eigenvalue weighted by Crippen LogP contribution is 2.17. The molecule has 0 saturated heterocycles. The summed E-state index contributed by atoms with van der Waals surface area (Å²) in [6.07, 6.45) is 0. The Morgan fingerprint density at radius 3 is 2.50 bits per heavy atom. The fourth-order valence-electron chi connectivity index (χ4n) is 1.52. The maximum atomic E-state index is 11.9. The maximum absolute atomic E-state index is 11.9. The molecule has 0 aliphatic carbocycles. The molecule has 5 heteroatoms. The van der Waals surface area contributed by atoms with Gasteiger partial charge in [0, 0.05) is 7.05 Å². The fraction of sp³-hybridized carbons (Fsp3) is 0.0769. The Kier molecular flexibility index (Phi) is 3.74. The number of benzene rings is 1. The molecule has 0 fully saturated rings. The van der Waals surface area contributed by atoms with E-state index in [0.717, 1.165) is 0 Å². The van der Waals surface area contributed by atoms with Crippen molar-refractivity contribution in [2.75, 3.05) is 12.4 Å². The van der Waals surface area contributed by atoms with E-state index >= 15 is 0 Å². The van der Waals surface area contributed by atoms with Crippen LogP contribution in [0, 0.1) is 0 Å². The van der Waals surface area contributed by atoms with Gasteiger partial charge in [-0.2, -0.15) is 0 Å². The van der Waals surface area contributed by atoms with Crippen LogP contribution >= 0.6 is 11.3 Å². The number of carbonyl (C=O) groups is 2. The van der Waals surface area contributed by atoms with Crippen LogP contribution in [0.1, 0.15) is 20.0 Å². The molecule has 1 aromatic carbocycles. The molecule has 2 aromatic rings. The Balaban J connectivity index is 2.24. The zero-order valence-corrected chi connectivity index (χ0v) is 10.6. The van der Waals surface area contributed by atoms with Crippen molar-refractivity contribution in [1.82, 2.24) is 5.32 Å². The van der Waals surface area contributed by atoms with Crippen LogP contribution in [0.2, 0.25) is 0 Å². The molecule has 2 rings (SSSR count). The first-order valence-corrected chi connectivity index (χ1v) is 6.26. The number of hydrogen-bond donors (Lipinski definition) is 2. The molecule has 2 N–H and O–H groups in total. The van der Waals surface area contributed by atoms with Crippen molar-refractivity contribution >= 4 is 28.8 Å². The predicted octanol–water partition coefficient (Wildman–Crippen LogP) is 2.36. The first-order valence-electron chi connectivity index (χ1n) is 5.38. The molecule has 92 valence electrons. The lowest BCUT2D eigenvalue weighted by Gasteiger charge is -2.08. The SMILES string of the molecule is CNC(=O)c1ccccc1NC(=O)c1cccs1. The van der Waals surface area contributed by atoms with E-state index in [2.05, 4.69) is 10.6 Å². The van der Waals surface area contributed by atoms with E-state index in [1.54, 1.807) is 37.4 Å². The Hall–Kier alpha value is -2.14. The molecule has 4 nitrogen and oxygen atoms in total. The molecule has 0 radical (unpaired) electrons. The molecule has 0 bridgehead atoms. The average molecular weight is 260 g/mol. The number of carbonyl (C=O) groups excluding carboxylic acids is 2. The van der Waals surface area contributed by atoms with Crippen LogP contribution in [0.15, 0.2) is 41.8 Å². The van der Waals surface area contributed by atoms with Gasteiger partial charge in [0.15, 0.2) is 0 Å². The molecule has 2 amide bonds. The van der Waals surface area contributed by atoms with Crippen molar-refractivity contribution in [3.63, 3.8) is 0 Å². The first kappa shape index (κ1) is 12.3. The summed E-state index contributed by atoms with van der Waals surface area (Å²) in [6.45, 7) is 0. The van der Waals surface area contributed by atoms with Crippen LogP contribution in [-0.2, 0) is 0 Å². The van der Waals surface area contributed by atoms with Crippen molar-refractivity contribution in [1.29, 1.82) is 0 Å². The van der Waals surface area contributed by atoms with Crippen LogP contribution in [0.3, 0.4) is 0 Å². The Bertz CT molecular complexity index is 564. The topological polar surface area (TPSA) is 58.2 Å². The van der Waals surface area contributed by atoms with Crippen molar-refractivity contribution in [2.24, 2.45) is 0 Å². The molecule has 0 aliphatic heterocycles. The first-order chi connectivity index (χ1) is 8.72. The molecular formula is C13H12N2O2S. The van der Waals surface area contributed by atoms with Crippen molar-refractivity contribution in [3.8, 4) is 0 Å². The van der Waals surface area contributed by atoms with Gasteiger partial charge in [-0.25, -0.2) is 0 Å². The van der Waals surface area contributed by atoms with E-state index in [9.17, 15) is 9.59 Å². The van der Waals surface area contributed by atoms with E-state index in [4.69, 9.17) is 0 Å². The standard InChI is InChI=1S/C13H12N2O2S/c1-14-12(16)9-5-2-3-6-10(9)15-13(17)11-7-4-8-18-11/h2-8H,1H3,(H,14,16)(H,15,17). The molecule has 1 aromatic heterocycles. The number of amides is 2. The van der Waals surface area contributed by atoms with Crippen LogP contribution in [0.25, 0.3) is 0 Å². The van der Waals surface area contributed by atoms with E-state index in [-0.39, 0.29) is 11.8 Å². The van der Waals surface area contributed by atoms with Crippen LogP contribution < -0.4 is 10.6 Å². The molecule has 0 unspecified atom stereocenters. The molecule has 0 atom stereocenters.